The molecule has 0 spiro atoms. The highest BCUT2D eigenvalue weighted by atomic mass is 16.7. The molecule has 43 heavy (non-hydrogen) atoms. The van der Waals surface area contributed by atoms with Crippen LogP contribution in [0.1, 0.15) is 68.7 Å². The van der Waals surface area contributed by atoms with Crippen LogP contribution in [0.25, 0.3) is 0 Å². The van der Waals surface area contributed by atoms with Gasteiger partial charge >= 0.3 is 14.2 Å². The predicted octanol–water partition coefficient (Wildman–Crippen LogP) is 2.28. The van der Waals surface area contributed by atoms with Crippen LogP contribution in [0.2, 0.25) is 0 Å². The van der Waals surface area contributed by atoms with E-state index in [9.17, 15) is 0 Å². The lowest BCUT2D eigenvalue weighted by Crippen LogP contribution is -2.41. The summed E-state index contributed by atoms with van der Waals surface area (Å²) >= 11 is 0. The van der Waals surface area contributed by atoms with Gasteiger partial charge in [0.2, 0.25) is 0 Å². The van der Waals surface area contributed by atoms with Gasteiger partial charge in [0.25, 0.3) is 0 Å². The molecular weight excluding hydrogens is 552 g/mol. The van der Waals surface area contributed by atoms with E-state index in [0.717, 1.165) is 6.42 Å². The molecule has 0 unspecified atom stereocenters. The van der Waals surface area contributed by atoms with Crippen molar-refractivity contribution in [3.63, 3.8) is 0 Å². The minimum absolute atomic E-state index is 0.0833. The van der Waals surface area contributed by atoms with Crippen LogP contribution in [-0.2, 0) is 32.8 Å². The third kappa shape index (κ3) is 19.7. The zero-order valence-electron chi connectivity index (χ0n) is 28.4. The van der Waals surface area contributed by atoms with Gasteiger partial charge in [-0.05, 0) is 61.8 Å². The molecule has 0 bridgehead atoms. The normalized spacial score (nSPS) is 19.3. The molecule has 250 valence electrons. The summed E-state index contributed by atoms with van der Waals surface area (Å²) in [6.07, 6.45) is 9.65. The molecule has 2 saturated heterocycles. The molecule has 0 aromatic carbocycles. The average molecular weight is 613 g/mol. The molecule has 0 radical (unpaired) electrons. The van der Waals surface area contributed by atoms with E-state index < -0.39 is 0 Å². The topological polar surface area (TPSA) is 163 Å². The van der Waals surface area contributed by atoms with E-state index in [2.05, 4.69) is 53.0 Å². The fraction of sp³-hybridized carbons (Fsp3) is 0.800. The van der Waals surface area contributed by atoms with E-state index in [0.29, 0.717) is 59.3 Å². The maximum Gasteiger partial charge on any atom is 0.486 e. The molecule has 13 heteroatoms. The molecule has 2 aliphatic rings. The van der Waals surface area contributed by atoms with Gasteiger partial charge in [0.1, 0.15) is 0 Å². The highest BCUT2D eigenvalue weighted by Gasteiger charge is 2.50. The van der Waals surface area contributed by atoms with Gasteiger partial charge in [-0.25, -0.2) is 0 Å². The van der Waals surface area contributed by atoms with Gasteiger partial charge in [0, 0.05) is 13.1 Å². The Kier molecular flexibility index (Phi) is 24.5. The molecule has 0 amide bonds. The maximum absolute atomic E-state index is 8.13. The molecule has 2 rings (SSSR count). The van der Waals surface area contributed by atoms with Crippen molar-refractivity contribution in [1.29, 1.82) is 0 Å². The van der Waals surface area contributed by atoms with Crippen molar-refractivity contribution < 1.29 is 37.9 Å². The van der Waals surface area contributed by atoms with E-state index in [1.165, 1.54) is 0 Å². The van der Waals surface area contributed by atoms with E-state index in [1.54, 1.807) is 0 Å². The van der Waals surface area contributed by atoms with Crippen LogP contribution in [0.3, 0.4) is 0 Å². The Labute approximate surface area is 262 Å². The van der Waals surface area contributed by atoms with Gasteiger partial charge in [0.15, 0.2) is 0 Å². The first kappa shape index (κ1) is 43.9. The second kappa shape index (κ2) is 24.0. The second-order valence-corrected chi connectivity index (χ2v) is 11.5. The number of rotatable bonds is 14. The fourth-order valence-electron chi connectivity index (χ4n) is 3.05. The Morgan fingerprint density at radius 1 is 0.674 bits per heavy atom. The molecule has 0 aromatic heterocycles. The Balaban J connectivity index is 0. The zero-order chi connectivity index (χ0) is 33.4. The minimum Gasteiger partial charge on any atom is -0.400 e. The van der Waals surface area contributed by atoms with Crippen LogP contribution in [-0.4, -0.2) is 108 Å². The third-order valence-electron chi connectivity index (χ3n) is 6.83. The number of nitrogens with two attached hydrogens (primary N) is 3. The molecule has 0 aromatic rings. The Morgan fingerprint density at radius 3 is 1.40 bits per heavy atom. The quantitative estimate of drug-likeness (QED) is 0.129. The Bertz CT molecular complexity index is 754. The molecule has 2 heterocycles. The summed E-state index contributed by atoms with van der Waals surface area (Å²) in [5.41, 5.74) is 14.1. The van der Waals surface area contributed by atoms with Gasteiger partial charge < -0.3 is 55.1 Å². The second-order valence-electron chi connectivity index (χ2n) is 11.5. The molecule has 0 atom stereocenters. The molecule has 2 fully saturated rings. The smallest absolute Gasteiger partial charge is 0.400 e. The first-order valence-corrected chi connectivity index (χ1v) is 15.0. The largest absolute Gasteiger partial charge is 0.486 e. The van der Waals surface area contributed by atoms with Crippen molar-refractivity contribution in [2.45, 2.75) is 91.1 Å². The summed E-state index contributed by atoms with van der Waals surface area (Å²) in [6, 6.07) is 0. The molecule has 0 saturated carbocycles. The number of hydrogen-bond acceptors (Lipinski definition) is 11. The van der Waals surface area contributed by atoms with Crippen LogP contribution >= 0.6 is 0 Å². The summed E-state index contributed by atoms with van der Waals surface area (Å²) in [7, 11) is -0.480. The van der Waals surface area contributed by atoms with Gasteiger partial charge in [-0.1, -0.05) is 36.9 Å². The summed E-state index contributed by atoms with van der Waals surface area (Å²) in [6.45, 7) is 23.2. The number of terminal acetylenes is 1. The lowest BCUT2D eigenvalue weighted by atomic mass is 9.90. The highest BCUT2D eigenvalue weighted by Crippen LogP contribution is 2.37. The number of ether oxygens (including phenoxy) is 3. The monoisotopic (exact) mass is 613 g/mol. The van der Waals surface area contributed by atoms with Crippen molar-refractivity contribution >= 4 is 14.2 Å². The minimum atomic E-state index is -0.304. The summed E-state index contributed by atoms with van der Waals surface area (Å²) in [4.78, 5) is 0. The van der Waals surface area contributed by atoms with Gasteiger partial charge in [-0.2, -0.15) is 0 Å². The van der Waals surface area contributed by atoms with Crippen LogP contribution in [0.5, 0.6) is 0 Å². The van der Waals surface area contributed by atoms with E-state index in [4.69, 9.17) is 55.1 Å². The van der Waals surface area contributed by atoms with Crippen molar-refractivity contribution in [2.75, 3.05) is 65.9 Å². The molecule has 0 aliphatic carbocycles. The summed E-state index contributed by atoms with van der Waals surface area (Å²) < 4.78 is 38.5. The van der Waals surface area contributed by atoms with Crippen molar-refractivity contribution in [3.05, 3.63) is 24.1 Å². The van der Waals surface area contributed by atoms with Gasteiger partial charge in [0.05, 0.1) is 75.2 Å². The van der Waals surface area contributed by atoms with Crippen LogP contribution in [0.15, 0.2) is 24.1 Å². The Morgan fingerprint density at radius 2 is 1.05 bits per heavy atom. The predicted molar refractivity (Wildman–Crippen MR) is 176 cm³/mol. The zero-order valence-corrected chi connectivity index (χ0v) is 28.4. The van der Waals surface area contributed by atoms with Crippen molar-refractivity contribution in [1.82, 2.24) is 0 Å². The fourth-order valence-corrected chi connectivity index (χ4v) is 3.05. The Hall–Kier alpha value is -1.27. The number of allylic oxidation sites excluding steroid dienone is 1. The lowest BCUT2D eigenvalue weighted by molar-refractivity contribution is 0.00578. The van der Waals surface area contributed by atoms with Gasteiger partial charge in [-0.15, -0.1) is 6.42 Å². The number of aliphatic hydroxyl groups is 1. The molecule has 7 N–H and O–H groups in total. The van der Waals surface area contributed by atoms with E-state index >= 15 is 0 Å². The van der Waals surface area contributed by atoms with E-state index in [1.807, 2.05) is 45.7 Å². The van der Waals surface area contributed by atoms with Crippen molar-refractivity contribution in [3.8, 4) is 12.3 Å². The van der Waals surface area contributed by atoms with Crippen molar-refractivity contribution in [2.24, 2.45) is 17.2 Å². The number of aliphatic hydroxyl groups excluding tert-OH is 1. The molecule has 11 nitrogen and oxygen atoms in total. The third-order valence-corrected chi connectivity index (χ3v) is 6.83. The SMILES string of the molecule is C#CCN.CC/C=C/B1OC(C)(C)C(C)(C)O1.CC1(C)OB(/C=C/COCCOCCN)OC1(C)C.NCCOCCO. The van der Waals surface area contributed by atoms with Crippen LogP contribution in [0.4, 0.5) is 0 Å². The lowest BCUT2D eigenvalue weighted by Gasteiger charge is -2.32. The first-order valence-electron chi connectivity index (χ1n) is 15.0. The molecular formula is C30H61B2N3O8. The first-order chi connectivity index (χ1) is 20.1. The number of hydrogen-bond donors (Lipinski definition) is 4. The van der Waals surface area contributed by atoms with E-state index in [-0.39, 0.29) is 43.2 Å². The highest BCUT2D eigenvalue weighted by molar-refractivity contribution is 6.52. The standard InChI is InChI=1S/C13H26BNO4.C10H19BO2.C4H11NO2.C3H5N/c1-12(2)13(3,4)19-14(18-12)6-5-8-16-10-11-17-9-7-15;1-6-7-8-11-12-9(2,3)10(4,5)13-11;5-1-3-7-4-2-6;1-2-3-4/h5-6H,7-11,15H2,1-4H3;7-8H,6H2,1-5H3;6H,1-5H2;1H,3-4H2/b6-5+;8-7+;;. The van der Waals surface area contributed by atoms with Crippen LogP contribution in [0, 0.1) is 12.3 Å². The van der Waals surface area contributed by atoms with Crippen LogP contribution < -0.4 is 17.2 Å². The molecule has 2 aliphatic heterocycles. The summed E-state index contributed by atoms with van der Waals surface area (Å²) in [5, 5.41) is 8.13. The maximum atomic E-state index is 8.13. The summed E-state index contributed by atoms with van der Waals surface area (Å²) in [5.74, 6) is 6.08. The van der Waals surface area contributed by atoms with Gasteiger partial charge in [-0.3, -0.25) is 0 Å². The average Bonchev–Trinajstić information content (AvgIpc) is 3.28.